The SMILES string of the molecule is Cn1cc(Cl)c(C(=O)NC[C@@H]2CCCO[C@H]2c2ccnn2C)n1. The first kappa shape index (κ1) is 16.0. The standard InChI is InChI=1S/C15H20ClN5O2/c1-20-9-11(16)13(19-20)15(22)17-8-10-4-3-7-23-14(10)12-5-6-18-21(12)2/h5-6,9-10,14H,3-4,7-8H2,1-2H3,(H,17,22)/t10-,14+/m0/s1. The van der Waals surface area contributed by atoms with Crippen molar-refractivity contribution in [1.82, 2.24) is 24.9 Å². The molecule has 3 rings (SSSR count). The van der Waals surface area contributed by atoms with E-state index in [1.807, 2.05) is 17.8 Å². The molecule has 0 bridgehead atoms. The Labute approximate surface area is 139 Å². The lowest BCUT2D eigenvalue weighted by molar-refractivity contribution is -0.0317. The van der Waals surface area contributed by atoms with Gasteiger partial charge in [0, 0.05) is 45.6 Å². The summed E-state index contributed by atoms with van der Waals surface area (Å²) < 4.78 is 9.27. The molecule has 124 valence electrons. The molecule has 1 fully saturated rings. The number of hydrogen-bond donors (Lipinski definition) is 1. The smallest absolute Gasteiger partial charge is 0.273 e. The largest absolute Gasteiger partial charge is 0.372 e. The minimum Gasteiger partial charge on any atom is -0.372 e. The van der Waals surface area contributed by atoms with Crippen molar-refractivity contribution in [3.05, 3.63) is 34.9 Å². The van der Waals surface area contributed by atoms with Gasteiger partial charge >= 0.3 is 0 Å². The molecule has 1 aliphatic rings. The van der Waals surface area contributed by atoms with Crippen LogP contribution in [0, 0.1) is 5.92 Å². The van der Waals surface area contributed by atoms with Crippen molar-refractivity contribution in [2.75, 3.05) is 13.2 Å². The number of nitrogens with one attached hydrogen (secondary N) is 1. The van der Waals surface area contributed by atoms with Crippen LogP contribution in [0.3, 0.4) is 0 Å². The number of halogens is 1. The molecular formula is C15H20ClN5O2. The molecule has 0 aliphatic carbocycles. The van der Waals surface area contributed by atoms with Crippen LogP contribution in [0.5, 0.6) is 0 Å². The van der Waals surface area contributed by atoms with Crippen LogP contribution in [-0.4, -0.2) is 38.6 Å². The van der Waals surface area contributed by atoms with E-state index in [-0.39, 0.29) is 23.6 Å². The Bertz CT molecular complexity index is 696. The second-order valence-electron chi connectivity index (χ2n) is 5.78. The molecule has 1 aliphatic heterocycles. The Hall–Kier alpha value is -1.86. The van der Waals surface area contributed by atoms with Gasteiger partial charge in [0.1, 0.15) is 6.10 Å². The maximum atomic E-state index is 12.3. The van der Waals surface area contributed by atoms with E-state index in [0.29, 0.717) is 11.6 Å². The van der Waals surface area contributed by atoms with Crippen molar-refractivity contribution in [2.45, 2.75) is 18.9 Å². The summed E-state index contributed by atoms with van der Waals surface area (Å²) in [6.45, 7) is 1.24. The molecule has 2 aromatic heterocycles. The number of hydrogen-bond acceptors (Lipinski definition) is 4. The quantitative estimate of drug-likeness (QED) is 0.921. The third-order valence-corrected chi connectivity index (χ3v) is 4.40. The molecule has 23 heavy (non-hydrogen) atoms. The van der Waals surface area contributed by atoms with Crippen LogP contribution in [-0.2, 0) is 18.8 Å². The van der Waals surface area contributed by atoms with E-state index in [9.17, 15) is 4.79 Å². The summed E-state index contributed by atoms with van der Waals surface area (Å²) in [5.74, 6) is -0.0597. The number of carbonyl (C=O) groups excluding carboxylic acids is 1. The molecule has 1 N–H and O–H groups in total. The zero-order chi connectivity index (χ0) is 16.4. The first-order valence-corrected chi connectivity index (χ1v) is 8.01. The summed E-state index contributed by atoms with van der Waals surface area (Å²) in [5, 5.41) is 11.6. The zero-order valence-corrected chi connectivity index (χ0v) is 14.0. The van der Waals surface area contributed by atoms with Gasteiger partial charge < -0.3 is 10.1 Å². The van der Waals surface area contributed by atoms with Crippen LogP contribution >= 0.6 is 11.6 Å². The van der Waals surface area contributed by atoms with Crippen LogP contribution in [0.2, 0.25) is 5.02 Å². The van der Waals surface area contributed by atoms with Crippen molar-refractivity contribution in [3.8, 4) is 0 Å². The monoisotopic (exact) mass is 337 g/mol. The predicted octanol–water partition coefficient (Wildman–Crippen LogP) is 1.70. The van der Waals surface area contributed by atoms with E-state index < -0.39 is 0 Å². The minimum atomic E-state index is -0.259. The van der Waals surface area contributed by atoms with Crippen molar-refractivity contribution in [2.24, 2.45) is 20.0 Å². The molecule has 2 aromatic rings. The lowest BCUT2D eigenvalue weighted by Gasteiger charge is -2.31. The van der Waals surface area contributed by atoms with Crippen molar-refractivity contribution < 1.29 is 9.53 Å². The molecule has 1 amide bonds. The maximum Gasteiger partial charge on any atom is 0.273 e. The van der Waals surface area contributed by atoms with Crippen molar-refractivity contribution >= 4 is 17.5 Å². The highest BCUT2D eigenvalue weighted by Crippen LogP contribution is 2.32. The lowest BCUT2D eigenvalue weighted by atomic mass is 9.92. The fourth-order valence-corrected chi connectivity index (χ4v) is 3.23. The topological polar surface area (TPSA) is 74.0 Å². The molecule has 0 aromatic carbocycles. The van der Waals surface area contributed by atoms with Gasteiger partial charge in [-0.05, 0) is 18.9 Å². The molecule has 0 unspecified atom stereocenters. The fraction of sp³-hybridized carbons (Fsp3) is 0.533. The lowest BCUT2D eigenvalue weighted by Crippen LogP contribution is -2.36. The summed E-state index contributed by atoms with van der Waals surface area (Å²) in [5.41, 5.74) is 1.28. The third-order valence-electron chi connectivity index (χ3n) is 4.12. The number of ether oxygens (including phenoxy) is 1. The average Bonchev–Trinajstić information content (AvgIpc) is 3.10. The van der Waals surface area contributed by atoms with Crippen molar-refractivity contribution in [1.29, 1.82) is 0 Å². The second kappa shape index (κ2) is 6.72. The Morgan fingerprint density at radius 1 is 1.52 bits per heavy atom. The minimum absolute atomic E-state index is 0.0595. The molecule has 8 heteroatoms. The Morgan fingerprint density at radius 2 is 2.35 bits per heavy atom. The predicted molar refractivity (Wildman–Crippen MR) is 85.2 cm³/mol. The number of aromatic nitrogens is 4. The summed E-state index contributed by atoms with van der Waals surface area (Å²) in [6, 6.07) is 1.96. The van der Waals surface area contributed by atoms with Gasteiger partial charge in [-0.15, -0.1) is 0 Å². The van der Waals surface area contributed by atoms with Gasteiger partial charge in [0.25, 0.3) is 5.91 Å². The fourth-order valence-electron chi connectivity index (χ4n) is 2.96. The van der Waals surface area contributed by atoms with E-state index in [4.69, 9.17) is 16.3 Å². The van der Waals surface area contributed by atoms with Gasteiger partial charge in [0.15, 0.2) is 5.69 Å². The van der Waals surface area contributed by atoms with Crippen LogP contribution in [0.25, 0.3) is 0 Å². The number of rotatable bonds is 4. The zero-order valence-electron chi connectivity index (χ0n) is 13.2. The average molecular weight is 338 g/mol. The molecule has 1 saturated heterocycles. The molecule has 0 saturated carbocycles. The van der Waals surface area contributed by atoms with E-state index >= 15 is 0 Å². The molecule has 2 atom stereocenters. The Morgan fingerprint density at radius 3 is 3.00 bits per heavy atom. The molecule has 0 radical (unpaired) electrons. The highest BCUT2D eigenvalue weighted by molar-refractivity contribution is 6.33. The molecule has 7 nitrogen and oxygen atoms in total. The van der Waals surface area contributed by atoms with E-state index in [1.54, 1.807) is 19.4 Å². The summed E-state index contributed by atoms with van der Waals surface area (Å²) >= 11 is 6.01. The van der Waals surface area contributed by atoms with E-state index in [1.165, 1.54) is 4.68 Å². The number of aryl methyl sites for hydroxylation is 2. The molecule has 3 heterocycles. The van der Waals surface area contributed by atoms with Crippen LogP contribution < -0.4 is 5.32 Å². The van der Waals surface area contributed by atoms with Gasteiger partial charge in [-0.1, -0.05) is 11.6 Å². The Kier molecular flexibility index (Phi) is 4.68. The van der Waals surface area contributed by atoms with Gasteiger partial charge in [-0.3, -0.25) is 14.2 Å². The molecule has 0 spiro atoms. The number of amides is 1. The molecular weight excluding hydrogens is 318 g/mol. The number of nitrogens with zero attached hydrogens (tertiary/aromatic N) is 4. The Balaban J connectivity index is 1.67. The number of carbonyl (C=O) groups is 1. The van der Waals surface area contributed by atoms with Crippen LogP contribution in [0.1, 0.15) is 35.1 Å². The van der Waals surface area contributed by atoms with Gasteiger partial charge in [-0.25, -0.2) is 0 Å². The first-order chi connectivity index (χ1) is 11.1. The van der Waals surface area contributed by atoms with Gasteiger partial charge in [0.05, 0.1) is 10.7 Å². The normalized spacial score (nSPS) is 21.3. The van der Waals surface area contributed by atoms with Gasteiger partial charge in [0.2, 0.25) is 0 Å². The van der Waals surface area contributed by atoms with E-state index in [0.717, 1.165) is 25.1 Å². The first-order valence-electron chi connectivity index (χ1n) is 7.63. The second-order valence-corrected chi connectivity index (χ2v) is 6.19. The summed E-state index contributed by atoms with van der Waals surface area (Å²) in [7, 11) is 3.63. The third kappa shape index (κ3) is 3.40. The highest BCUT2D eigenvalue weighted by Gasteiger charge is 2.30. The van der Waals surface area contributed by atoms with Crippen LogP contribution in [0.15, 0.2) is 18.5 Å². The van der Waals surface area contributed by atoms with Gasteiger partial charge in [-0.2, -0.15) is 10.2 Å². The summed E-state index contributed by atoms with van der Waals surface area (Å²) in [4.78, 5) is 12.3. The summed E-state index contributed by atoms with van der Waals surface area (Å²) in [6.07, 6.45) is 5.29. The highest BCUT2D eigenvalue weighted by atomic mass is 35.5. The maximum absolute atomic E-state index is 12.3. The van der Waals surface area contributed by atoms with Crippen molar-refractivity contribution in [3.63, 3.8) is 0 Å². The van der Waals surface area contributed by atoms with E-state index in [2.05, 4.69) is 15.5 Å². The van der Waals surface area contributed by atoms with Crippen LogP contribution in [0.4, 0.5) is 0 Å².